The van der Waals surface area contributed by atoms with Crippen molar-refractivity contribution < 1.29 is 4.79 Å². The zero-order valence-electron chi connectivity index (χ0n) is 18.3. The maximum atomic E-state index is 13.2. The van der Waals surface area contributed by atoms with Gasteiger partial charge in [0.25, 0.3) is 5.91 Å². The van der Waals surface area contributed by atoms with Crippen LogP contribution in [0.4, 0.5) is 5.82 Å². The summed E-state index contributed by atoms with van der Waals surface area (Å²) in [5.41, 5.74) is 2.49. The molecule has 2 fully saturated rings. The third-order valence-electron chi connectivity index (χ3n) is 6.54. The monoisotopic (exact) mass is 441 g/mol. The lowest BCUT2D eigenvalue weighted by molar-refractivity contribution is 0.0584. The minimum Gasteiger partial charge on any atom is -0.369 e. The molecule has 31 heavy (non-hydrogen) atoms. The molecule has 2 aromatic rings. The lowest BCUT2D eigenvalue weighted by Gasteiger charge is -2.40. The molecule has 0 atom stereocenters. The summed E-state index contributed by atoms with van der Waals surface area (Å²) in [5.74, 6) is 0.749. The maximum Gasteiger partial charge on any atom is 0.272 e. The second-order valence-electron chi connectivity index (χ2n) is 8.62. The van der Waals surface area contributed by atoms with Crippen LogP contribution in [0.5, 0.6) is 0 Å². The largest absolute Gasteiger partial charge is 0.369 e. The van der Waals surface area contributed by atoms with Crippen LogP contribution in [0.15, 0.2) is 30.6 Å². The predicted molar refractivity (Wildman–Crippen MR) is 125 cm³/mol. The van der Waals surface area contributed by atoms with Crippen LogP contribution in [0.1, 0.15) is 53.7 Å². The minimum atomic E-state index is 0.0230. The molecular weight excluding hydrogens is 410 g/mol. The summed E-state index contributed by atoms with van der Waals surface area (Å²) in [6.45, 7) is 6.69. The van der Waals surface area contributed by atoms with E-state index in [1.807, 2.05) is 30.0 Å². The molecule has 0 unspecified atom stereocenters. The van der Waals surface area contributed by atoms with Gasteiger partial charge in [-0.15, -0.1) is 0 Å². The average Bonchev–Trinajstić information content (AvgIpc) is 2.80. The molecule has 2 aliphatic heterocycles. The number of benzene rings is 1. The maximum absolute atomic E-state index is 13.2. The summed E-state index contributed by atoms with van der Waals surface area (Å²) in [5, 5.41) is 4.10. The molecule has 2 aliphatic rings. The molecule has 1 amide bonds. The molecule has 1 aromatic carbocycles. The number of hydrogen-bond donors (Lipinski definition) is 1. The lowest BCUT2D eigenvalue weighted by atomic mass is 9.99. The number of anilines is 1. The second-order valence-corrected chi connectivity index (χ2v) is 9.06. The van der Waals surface area contributed by atoms with Gasteiger partial charge in [-0.2, -0.15) is 0 Å². The molecule has 0 saturated carbocycles. The van der Waals surface area contributed by atoms with Crippen LogP contribution in [0.25, 0.3) is 0 Å². The molecule has 7 heteroatoms. The molecule has 4 rings (SSSR count). The molecule has 1 aromatic heterocycles. The van der Waals surface area contributed by atoms with Crippen LogP contribution in [0.2, 0.25) is 5.02 Å². The number of rotatable bonds is 6. The van der Waals surface area contributed by atoms with Crippen molar-refractivity contribution in [2.75, 3.05) is 38.0 Å². The Bertz CT molecular complexity index is 891. The molecule has 0 spiro atoms. The highest BCUT2D eigenvalue weighted by Gasteiger charge is 2.29. The SMILES string of the molecule is Cc1c(NCCc2cccc(Cl)c2)ncnc1C(=O)N1CCC(N2CCCCC2)CC1. The van der Waals surface area contributed by atoms with Gasteiger partial charge in [0.15, 0.2) is 0 Å². The first kappa shape index (κ1) is 22.0. The lowest BCUT2D eigenvalue weighted by Crippen LogP contribution is -2.48. The number of carbonyl (C=O) groups is 1. The quantitative estimate of drug-likeness (QED) is 0.728. The fraction of sp³-hybridized carbons (Fsp3) is 0.542. The Morgan fingerprint density at radius 2 is 1.90 bits per heavy atom. The van der Waals surface area contributed by atoms with Crippen LogP contribution >= 0.6 is 11.6 Å². The van der Waals surface area contributed by atoms with Crippen LogP contribution in [-0.2, 0) is 6.42 Å². The molecule has 2 saturated heterocycles. The zero-order valence-corrected chi connectivity index (χ0v) is 19.1. The number of halogens is 1. The Kier molecular flexibility index (Phi) is 7.41. The summed E-state index contributed by atoms with van der Waals surface area (Å²) in [6, 6.07) is 8.49. The molecule has 0 aliphatic carbocycles. The van der Waals surface area contributed by atoms with E-state index in [0.717, 1.165) is 48.8 Å². The summed E-state index contributed by atoms with van der Waals surface area (Å²) >= 11 is 6.06. The van der Waals surface area contributed by atoms with Crippen LogP contribution in [0.3, 0.4) is 0 Å². The highest BCUT2D eigenvalue weighted by atomic mass is 35.5. The van der Waals surface area contributed by atoms with E-state index in [1.165, 1.54) is 44.2 Å². The van der Waals surface area contributed by atoms with Gasteiger partial charge in [-0.05, 0) is 69.8 Å². The molecule has 6 nitrogen and oxygen atoms in total. The fourth-order valence-electron chi connectivity index (χ4n) is 4.73. The van der Waals surface area contributed by atoms with Crippen molar-refractivity contribution in [2.24, 2.45) is 0 Å². The molecule has 1 N–H and O–H groups in total. The van der Waals surface area contributed by atoms with Crippen molar-refractivity contribution in [1.82, 2.24) is 19.8 Å². The summed E-state index contributed by atoms with van der Waals surface area (Å²) in [4.78, 5) is 26.5. The van der Waals surface area contributed by atoms with Crippen molar-refractivity contribution in [1.29, 1.82) is 0 Å². The summed E-state index contributed by atoms with van der Waals surface area (Å²) in [7, 11) is 0. The van der Waals surface area contributed by atoms with Crippen molar-refractivity contribution >= 4 is 23.3 Å². The van der Waals surface area contributed by atoms with Crippen molar-refractivity contribution in [2.45, 2.75) is 51.5 Å². The molecule has 3 heterocycles. The van der Waals surface area contributed by atoms with E-state index in [4.69, 9.17) is 11.6 Å². The van der Waals surface area contributed by atoms with Crippen LogP contribution < -0.4 is 5.32 Å². The number of piperidine rings is 2. The van der Waals surface area contributed by atoms with E-state index >= 15 is 0 Å². The Hall–Kier alpha value is -2.18. The summed E-state index contributed by atoms with van der Waals surface area (Å²) in [6.07, 6.45) is 8.41. The highest BCUT2D eigenvalue weighted by molar-refractivity contribution is 6.30. The standard InChI is InChI=1S/C24H32ClN5O/c1-18-22(24(31)30-14-9-21(10-15-30)29-12-3-2-4-13-29)27-17-28-23(18)26-11-8-19-6-5-7-20(25)16-19/h5-7,16-17,21H,2-4,8-15H2,1H3,(H,26,27,28). The average molecular weight is 442 g/mol. The van der Waals surface area contributed by atoms with Gasteiger partial charge >= 0.3 is 0 Å². The normalized spacial score (nSPS) is 18.2. The fourth-order valence-corrected chi connectivity index (χ4v) is 4.94. The van der Waals surface area contributed by atoms with E-state index < -0.39 is 0 Å². The molecule has 166 valence electrons. The number of nitrogens with one attached hydrogen (secondary N) is 1. The number of hydrogen-bond acceptors (Lipinski definition) is 5. The van der Waals surface area contributed by atoms with Gasteiger partial charge in [-0.3, -0.25) is 4.79 Å². The van der Waals surface area contributed by atoms with E-state index in [2.05, 4.69) is 26.3 Å². The number of likely N-dealkylation sites (tertiary alicyclic amines) is 2. The van der Waals surface area contributed by atoms with E-state index in [0.29, 0.717) is 18.3 Å². The number of aromatic nitrogens is 2. The van der Waals surface area contributed by atoms with Crippen molar-refractivity contribution in [3.8, 4) is 0 Å². The van der Waals surface area contributed by atoms with Gasteiger partial charge in [0.2, 0.25) is 0 Å². The van der Waals surface area contributed by atoms with E-state index in [9.17, 15) is 4.79 Å². The smallest absolute Gasteiger partial charge is 0.272 e. The Morgan fingerprint density at radius 1 is 1.13 bits per heavy atom. The number of nitrogens with zero attached hydrogens (tertiary/aromatic N) is 4. The number of carbonyl (C=O) groups excluding carboxylic acids is 1. The zero-order chi connectivity index (χ0) is 21.6. The van der Waals surface area contributed by atoms with Gasteiger partial charge in [0.05, 0.1) is 0 Å². The van der Waals surface area contributed by atoms with Gasteiger partial charge in [0.1, 0.15) is 17.8 Å². The first-order chi connectivity index (χ1) is 15.1. The highest BCUT2D eigenvalue weighted by Crippen LogP contribution is 2.23. The molecular formula is C24H32ClN5O. The van der Waals surface area contributed by atoms with Crippen molar-refractivity contribution in [3.63, 3.8) is 0 Å². The third kappa shape index (κ3) is 5.55. The van der Waals surface area contributed by atoms with Crippen molar-refractivity contribution in [3.05, 3.63) is 52.4 Å². The minimum absolute atomic E-state index is 0.0230. The Labute approximate surface area is 190 Å². The topological polar surface area (TPSA) is 61.4 Å². The third-order valence-corrected chi connectivity index (χ3v) is 6.78. The van der Waals surface area contributed by atoms with E-state index in [1.54, 1.807) is 0 Å². The Morgan fingerprint density at radius 3 is 2.65 bits per heavy atom. The van der Waals surface area contributed by atoms with Gasteiger partial charge in [-0.1, -0.05) is 30.2 Å². The first-order valence-corrected chi connectivity index (χ1v) is 11.8. The van der Waals surface area contributed by atoms with Crippen LogP contribution in [-0.4, -0.2) is 64.4 Å². The van der Waals surface area contributed by atoms with E-state index in [-0.39, 0.29) is 5.91 Å². The van der Waals surface area contributed by atoms with Gasteiger partial charge in [-0.25, -0.2) is 9.97 Å². The van der Waals surface area contributed by atoms with Gasteiger partial charge < -0.3 is 15.1 Å². The van der Waals surface area contributed by atoms with Gasteiger partial charge in [0, 0.05) is 36.3 Å². The number of amides is 1. The molecule has 0 radical (unpaired) electrons. The Balaban J connectivity index is 1.33. The summed E-state index contributed by atoms with van der Waals surface area (Å²) < 4.78 is 0. The van der Waals surface area contributed by atoms with Crippen LogP contribution in [0, 0.1) is 6.92 Å². The predicted octanol–water partition coefficient (Wildman–Crippen LogP) is 4.18. The molecule has 0 bridgehead atoms. The second kappa shape index (κ2) is 10.4. The first-order valence-electron chi connectivity index (χ1n) is 11.4.